The van der Waals surface area contributed by atoms with Gasteiger partial charge in [0.05, 0.1) is 0 Å². The van der Waals surface area contributed by atoms with Crippen LogP contribution in [0.2, 0.25) is 0 Å². The van der Waals surface area contributed by atoms with E-state index >= 15 is 0 Å². The van der Waals surface area contributed by atoms with Crippen LogP contribution in [0.25, 0.3) is 10.1 Å². The van der Waals surface area contributed by atoms with Crippen LogP contribution < -0.4 is 4.74 Å². The Kier molecular flexibility index (Phi) is 3.13. The molecule has 0 unspecified atom stereocenters. The number of ether oxygens (including phenoxy) is 1. The lowest BCUT2D eigenvalue weighted by Crippen LogP contribution is -1.92. The highest BCUT2D eigenvalue weighted by Crippen LogP contribution is 2.29. The first-order chi connectivity index (χ1) is 9.20. The smallest absolute Gasteiger partial charge is 0.122 e. The molecule has 0 aliphatic carbocycles. The molecule has 0 radical (unpaired) electrons. The molecular weight excluding hydrogens is 256 g/mol. The zero-order valence-electron chi connectivity index (χ0n) is 10.6. The molecule has 1 N–H and O–H groups in total. The number of aryl methyl sites for hydroxylation is 1. The minimum absolute atomic E-state index is 0.306. The molecular formula is C16H14O2S. The van der Waals surface area contributed by atoms with Crippen molar-refractivity contribution >= 4 is 21.4 Å². The maximum Gasteiger partial charge on any atom is 0.122 e. The second kappa shape index (κ2) is 4.94. The van der Waals surface area contributed by atoms with E-state index in [1.54, 1.807) is 23.5 Å². The van der Waals surface area contributed by atoms with Gasteiger partial charge in [0.2, 0.25) is 0 Å². The summed E-state index contributed by atoms with van der Waals surface area (Å²) in [6, 6.07) is 15.6. The highest BCUT2D eigenvalue weighted by Gasteiger charge is 2.03. The van der Waals surface area contributed by atoms with Gasteiger partial charge >= 0.3 is 0 Å². The molecule has 0 amide bonds. The molecule has 2 aromatic carbocycles. The summed E-state index contributed by atoms with van der Waals surface area (Å²) in [6.45, 7) is 2.62. The van der Waals surface area contributed by atoms with Gasteiger partial charge in [-0.3, -0.25) is 0 Å². The van der Waals surface area contributed by atoms with Crippen LogP contribution in [-0.4, -0.2) is 5.11 Å². The van der Waals surface area contributed by atoms with Gasteiger partial charge in [0.15, 0.2) is 0 Å². The molecule has 0 fully saturated rings. The van der Waals surface area contributed by atoms with Crippen LogP contribution in [0.5, 0.6) is 11.5 Å². The van der Waals surface area contributed by atoms with Crippen molar-refractivity contribution in [2.75, 3.05) is 0 Å². The van der Waals surface area contributed by atoms with Gasteiger partial charge in [0.1, 0.15) is 18.1 Å². The summed E-state index contributed by atoms with van der Waals surface area (Å²) in [5.41, 5.74) is 1.23. The number of rotatable bonds is 3. The molecule has 0 saturated carbocycles. The second-order valence-corrected chi connectivity index (χ2v) is 5.70. The van der Waals surface area contributed by atoms with E-state index < -0.39 is 0 Å². The van der Waals surface area contributed by atoms with Gasteiger partial charge in [-0.1, -0.05) is 17.7 Å². The van der Waals surface area contributed by atoms with Crippen LogP contribution in [0.3, 0.4) is 0 Å². The molecule has 0 saturated heterocycles. The van der Waals surface area contributed by atoms with Crippen LogP contribution in [-0.2, 0) is 6.61 Å². The Morgan fingerprint density at radius 3 is 2.63 bits per heavy atom. The first-order valence-corrected chi connectivity index (χ1v) is 6.93. The van der Waals surface area contributed by atoms with Gasteiger partial charge in [-0.25, -0.2) is 0 Å². The largest absolute Gasteiger partial charge is 0.508 e. The Labute approximate surface area is 115 Å². The SMILES string of the molecule is Cc1ccc(OCc2cc3ccc(O)cc3s2)cc1. The summed E-state index contributed by atoms with van der Waals surface area (Å²) in [7, 11) is 0. The summed E-state index contributed by atoms with van der Waals surface area (Å²) in [4.78, 5) is 1.15. The molecule has 2 nitrogen and oxygen atoms in total. The maximum absolute atomic E-state index is 9.45. The molecule has 1 heterocycles. The molecule has 96 valence electrons. The van der Waals surface area contributed by atoms with Crippen molar-refractivity contribution < 1.29 is 9.84 Å². The van der Waals surface area contributed by atoms with E-state index in [4.69, 9.17) is 4.74 Å². The normalized spacial score (nSPS) is 10.8. The van der Waals surface area contributed by atoms with E-state index in [0.29, 0.717) is 12.4 Å². The molecule has 3 aromatic rings. The van der Waals surface area contributed by atoms with Crippen LogP contribution in [0.15, 0.2) is 48.5 Å². The zero-order chi connectivity index (χ0) is 13.2. The lowest BCUT2D eigenvalue weighted by molar-refractivity contribution is 0.310. The third-order valence-electron chi connectivity index (χ3n) is 2.96. The lowest BCUT2D eigenvalue weighted by atomic mass is 10.2. The second-order valence-electron chi connectivity index (χ2n) is 4.54. The number of thiophene rings is 1. The summed E-state index contributed by atoms with van der Waals surface area (Å²) in [6.07, 6.45) is 0. The molecule has 19 heavy (non-hydrogen) atoms. The number of aromatic hydroxyl groups is 1. The minimum Gasteiger partial charge on any atom is -0.508 e. The molecule has 0 aliphatic heterocycles. The average molecular weight is 270 g/mol. The van der Waals surface area contributed by atoms with Gasteiger partial charge in [-0.2, -0.15) is 0 Å². The number of phenolic OH excluding ortho intramolecular Hbond substituents is 1. The van der Waals surface area contributed by atoms with E-state index in [1.807, 2.05) is 30.3 Å². The highest BCUT2D eigenvalue weighted by molar-refractivity contribution is 7.19. The van der Waals surface area contributed by atoms with E-state index in [0.717, 1.165) is 20.7 Å². The predicted octanol–water partition coefficient (Wildman–Crippen LogP) is 4.49. The van der Waals surface area contributed by atoms with Crippen LogP contribution in [0.4, 0.5) is 0 Å². The summed E-state index contributed by atoms with van der Waals surface area (Å²) >= 11 is 1.65. The van der Waals surface area contributed by atoms with Crippen LogP contribution >= 0.6 is 11.3 Å². The third kappa shape index (κ3) is 2.71. The lowest BCUT2D eigenvalue weighted by Gasteiger charge is -2.04. The van der Waals surface area contributed by atoms with Gasteiger partial charge < -0.3 is 9.84 Å². The zero-order valence-corrected chi connectivity index (χ0v) is 11.4. The van der Waals surface area contributed by atoms with Crippen LogP contribution in [0, 0.1) is 6.92 Å². The first-order valence-electron chi connectivity index (χ1n) is 6.11. The van der Waals surface area contributed by atoms with Crippen molar-refractivity contribution in [2.45, 2.75) is 13.5 Å². The quantitative estimate of drug-likeness (QED) is 0.759. The molecule has 0 bridgehead atoms. The average Bonchev–Trinajstić information content (AvgIpc) is 2.80. The highest BCUT2D eigenvalue weighted by atomic mass is 32.1. The van der Waals surface area contributed by atoms with Crippen molar-refractivity contribution in [3.8, 4) is 11.5 Å². The van der Waals surface area contributed by atoms with E-state index in [-0.39, 0.29) is 0 Å². The standard InChI is InChI=1S/C16H14O2S/c1-11-2-6-14(7-3-11)18-10-15-8-12-4-5-13(17)9-16(12)19-15/h2-9,17H,10H2,1H3. The fourth-order valence-corrected chi connectivity index (χ4v) is 2.95. The third-order valence-corrected chi connectivity index (χ3v) is 4.03. The number of hydrogen-bond acceptors (Lipinski definition) is 3. The molecule has 1 aromatic heterocycles. The number of fused-ring (bicyclic) bond motifs is 1. The Hall–Kier alpha value is -2.00. The van der Waals surface area contributed by atoms with Crippen LogP contribution in [0.1, 0.15) is 10.4 Å². The number of hydrogen-bond donors (Lipinski definition) is 1. The summed E-state index contributed by atoms with van der Waals surface area (Å²) < 4.78 is 6.84. The molecule has 3 heteroatoms. The summed E-state index contributed by atoms with van der Waals surface area (Å²) in [5, 5.41) is 10.6. The van der Waals surface area contributed by atoms with Gasteiger partial charge in [0, 0.05) is 9.58 Å². The molecule has 0 atom stereocenters. The van der Waals surface area contributed by atoms with Crippen molar-refractivity contribution in [2.24, 2.45) is 0 Å². The summed E-state index contributed by atoms with van der Waals surface area (Å²) in [5.74, 6) is 1.19. The first kappa shape index (κ1) is 12.1. The van der Waals surface area contributed by atoms with Crippen molar-refractivity contribution in [1.29, 1.82) is 0 Å². The fraction of sp³-hybridized carbons (Fsp3) is 0.125. The Bertz CT molecular complexity index is 698. The molecule has 0 aliphatic rings. The van der Waals surface area contributed by atoms with Gasteiger partial charge in [0.25, 0.3) is 0 Å². The Balaban J connectivity index is 1.76. The minimum atomic E-state index is 0.306. The monoisotopic (exact) mass is 270 g/mol. The maximum atomic E-state index is 9.45. The topological polar surface area (TPSA) is 29.5 Å². The van der Waals surface area contributed by atoms with Gasteiger partial charge in [-0.05, 0) is 48.7 Å². The van der Waals surface area contributed by atoms with E-state index in [2.05, 4.69) is 13.0 Å². The fourth-order valence-electron chi connectivity index (χ4n) is 1.93. The van der Waals surface area contributed by atoms with Crippen molar-refractivity contribution in [3.05, 3.63) is 59.0 Å². The molecule has 3 rings (SSSR count). The molecule has 0 spiro atoms. The Morgan fingerprint density at radius 1 is 1.05 bits per heavy atom. The van der Waals surface area contributed by atoms with Crippen molar-refractivity contribution in [3.63, 3.8) is 0 Å². The number of phenols is 1. The van der Waals surface area contributed by atoms with E-state index in [9.17, 15) is 5.11 Å². The van der Waals surface area contributed by atoms with Crippen molar-refractivity contribution in [1.82, 2.24) is 0 Å². The van der Waals surface area contributed by atoms with Gasteiger partial charge in [-0.15, -0.1) is 11.3 Å². The predicted molar refractivity (Wildman–Crippen MR) is 79.0 cm³/mol. The number of benzene rings is 2. The van der Waals surface area contributed by atoms with E-state index in [1.165, 1.54) is 5.56 Å². The Morgan fingerprint density at radius 2 is 1.84 bits per heavy atom.